The van der Waals surface area contributed by atoms with Gasteiger partial charge < -0.3 is 14.7 Å². The van der Waals surface area contributed by atoms with Crippen LogP contribution in [0.3, 0.4) is 0 Å². The monoisotopic (exact) mass is 263 g/mol. The van der Waals surface area contributed by atoms with Gasteiger partial charge in [-0.3, -0.25) is 4.79 Å². The molecule has 0 fully saturated rings. The molecular weight excluding hydrogens is 246 g/mol. The predicted octanol–water partition coefficient (Wildman–Crippen LogP) is 1.56. The number of benzene rings is 1. The molecule has 0 aromatic heterocycles. The number of nitrogens with zero attached hydrogens (tertiary/aromatic N) is 1. The van der Waals surface area contributed by atoms with Crippen molar-refractivity contribution in [1.82, 2.24) is 4.90 Å². The van der Waals surface area contributed by atoms with Crippen molar-refractivity contribution in [2.45, 2.75) is 6.92 Å². The summed E-state index contributed by atoms with van der Waals surface area (Å²) in [4.78, 5) is 23.5. The number of hydrogen-bond donors (Lipinski definition) is 1. The van der Waals surface area contributed by atoms with Gasteiger partial charge in [-0.2, -0.15) is 0 Å². The number of carbonyl (C=O) groups is 2. The Morgan fingerprint density at radius 1 is 1.37 bits per heavy atom. The highest BCUT2D eigenvalue weighted by atomic mass is 16.5. The smallest absolute Gasteiger partial charge is 0.328 e. The zero-order valence-electron chi connectivity index (χ0n) is 11.2. The highest BCUT2D eigenvalue weighted by Crippen LogP contribution is 2.24. The van der Waals surface area contributed by atoms with Crippen LogP contribution in [0.1, 0.15) is 11.1 Å². The van der Waals surface area contributed by atoms with Crippen molar-refractivity contribution in [3.05, 3.63) is 35.4 Å². The Bertz CT molecular complexity index is 506. The summed E-state index contributed by atoms with van der Waals surface area (Å²) in [5, 5.41) is 8.64. The minimum Gasteiger partial charge on any atom is -0.483 e. The third-order valence-electron chi connectivity index (χ3n) is 2.49. The summed E-state index contributed by atoms with van der Waals surface area (Å²) < 4.78 is 5.49. The van der Waals surface area contributed by atoms with Gasteiger partial charge in [0.05, 0.1) is 0 Å². The lowest BCUT2D eigenvalue weighted by Gasteiger charge is -2.14. The first-order chi connectivity index (χ1) is 8.91. The summed E-state index contributed by atoms with van der Waals surface area (Å²) in [6.07, 6.45) is 2.49. The fourth-order valence-electron chi connectivity index (χ4n) is 1.43. The number of carboxylic acid groups (broad SMARTS) is 1. The van der Waals surface area contributed by atoms with E-state index in [4.69, 9.17) is 9.84 Å². The quantitative estimate of drug-likeness (QED) is 0.819. The van der Waals surface area contributed by atoms with Crippen LogP contribution in [-0.2, 0) is 9.59 Å². The van der Waals surface area contributed by atoms with Gasteiger partial charge >= 0.3 is 5.97 Å². The Balaban J connectivity index is 2.92. The van der Waals surface area contributed by atoms with E-state index in [9.17, 15) is 9.59 Å². The molecule has 102 valence electrons. The highest BCUT2D eigenvalue weighted by Gasteiger charge is 2.09. The van der Waals surface area contributed by atoms with E-state index >= 15 is 0 Å². The number of likely N-dealkylation sites (N-methyl/N-ethyl adjacent to an activating group) is 1. The molecule has 0 aliphatic heterocycles. The third kappa shape index (κ3) is 4.46. The Morgan fingerprint density at radius 2 is 2.05 bits per heavy atom. The summed E-state index contributed by atoms with van der Waals surface area (Å²) in [6, 6.07) is 5.38. The summed E-state index contributed by atoms with van der Waals surface area (Å²) >= 11 is 0. The average molecular weight is 263 g/mol. The average Bonchev–Trinajstić information content (AvgIpc) is 2.34. The van der Waals surface area contributed by atoms with Crippen molar-refractivity contribution in [1.29, 1.82) is 0 Å². The van der Waals surface area contributed by atoms with E-state index in [2.05, 4.69) is 0 Å². The standard InChI is InChI=1S/C14H17NO4/c1-10-5-4-6-11(7-8-13(17)18)14(10)19-9-12(16)15(2)3/h4-8H,9H2,1-3H3,(H,17,18)/b8-7+. The van der Waals surface area contributed by atoms with Gasteiger partial charge in [-0.15, -0.1) is 0 Å². The molecule has 5 heteroatoms. The van der Waals surface area contributed by atoms with Gasteiger partial charge in [-0.25, -0.2) is 4.79 Å². The van der Waals surface area contributed by atoms with Gasteiger partial charge in [-0.1, -0.05) is 18.2 Å². The van der Waals surface area contributed by atoms with E-state index in [-0.39, 0.29) is 12.5 Å². The fourth-order valence-corrected chi connectivity index (χ4v) is 1.43. The number of carboxylic acids is 1. The van der Waals surface area contributed by atoms with Crippen LogP contribution < -0.4 is 4.74 Å². The van der Waals surface area contributed by atoms with Crippen LogP contribution in [-0.4, -0.2) is 42.6 Å². The Morgan fingerprint density at radius 3 is 2.63 bits per heavy atom. The SMILES string of the molecule is Cc1cccc(/C=C/C(=O)O)c1OCC(=O)N(C)C. The number of aryl methyl sites for hydroxylation is 1. The van der Waals surface area contributed by atoms with Crippen LogP contribution in [0.2, 0.25) is 0 Å². The largest absolute Gasteiger partial charge is 0.483 e. The van der Waals surface area contributed by atoms with E-state index in [1.165, 1.54) is 11.0 Å². The number of rotatable bonds is 5. The lowest BCUT2D eigenvalue weighted by Crippen LogP contribution is -2.27. The molecule has 0 bridgehead atoms. The first-order valence-corrected chi connectivity index (χ1v) is 5.75. The van der Waals surface area contributed by atoms with Gasteiger partial charge in [0, 0.05) is 25.7 Å². The molecule has 0 saturated carbocycles. The van der Waals surface area contributed by atoms with E-state index in [1.54, 1.807) is 26.2 Å². The minimum atomic E-state index is -1.03. The van der Waals surface area contributed by atoms with Gasteiger partial charge in [0.2, 0.25) is 0 Å². The summed E-state index contributed by atoms with van der Waals surface area (Å²) in [5.41, 5.74) is 1.48. The number of amides is 1. The maximum absolute atomic E-state index is 11.5. The summed E-state index contributed by atoms with van der Waals surface area (Å²) in [6.45, 7) is 1.76. The van der Waals surface area contributed by atoms with Crippen molar-refractivity contribution in [3.63, 3.8) is 0 Å². The van der Waals surface area contributed by atoms with Crippen molar-refractivity contribution < 1.29 is 19.4 Å². The third-order valence-corrected chi connectivity index (χ3v) is 2.49. The van der Waals surface area contributed by atoms with Crippen LogP contribution in [0, 0.1) is 6.92 Å². The van der Waals surface area contributed by atoms with E-state index in [0.717, 1.165) is 11.6 Å². The normalized spacial score (nSPS) is 10.5. The number of para-hydroxylation sites is 1. The van der Waals surface area contributed by atoms with Crippen molar-refractivity contribution in [2.75, 3.05) is 20.7 Å². The molecule has 0 heterocycles. The molecule has 1 aromatic carbocycles. The van der Waals surface area contributed by atoms with Crippen LogP contribution >= 0.6 is 0 Å². The molecule has 0 radical (unpaired) electrons. The van der Waals surface area contributed by atoms with Gasteiger partial charge in [0.15, 0.2) is 6.61 Å². The van der Waals surface area contributed by atoms with E-state index in [0.29, 0.717) is 11.3 Å². The molecule has 1 rings (SSSR count). The van der Waals surface area contributed by atoms with Gasteiger partial charge in [0.1, 0.15) is 5.75 Å². The predicted molar refractivity (Wildman–Crippen MR) is 72.0 cm³/mol. The zero-order valence-corrected chi connectivity index (χ0v) is 11.2. The van der Waals surface area contributed by atoms with Crippen LogP contribution in [0.4, 0.5) is 0 Å². The molecule has 1 amide bonds. The molecular formula is C14H17NO4. The lowest BCUT2D eigenvalue weighted by atomic mass is 10.1. The molecule has 5 nitrogen and oxygen atoms in total. The molecule has 0 unspecified atom stereocenters. The highest BCUT2D eigenvalue weighted by molar-refractivity contribution is 5.86. The Hall–Kier alpha value is -2.30. The maximum Gasteiger partial charge on any atom is 0.328 e. The molecule has 19 heavy (non-hydrogen) atoms. The Labute approximate surface area is 112 Å². The van der Waals surface area contributed by atoms with Gasteiger partial charge in [0.25, 0.3) is 5.91 Å². The number of aliphatic carboxylic acids is 1. The van der Waals surface area contributed by atoms with Crippen molar-refractivity contribution >= 4 is 18.0 Å². The maximum atomic E-state index is 11.5. The molecule has 0 atom stereocenters. The number of carbonyl (C=O) groups excluding carboxylic acids is 1. The van der Waals surface area contributed by atoms with Crippen molar-refractivity contribution in [2.24, 2.45) is 0 Å². The van der Waals surface area contributed by atoms with Crippen LogP contribution in [0.25, 0.3) is 6.08 Å². The number of hydrogen-bond acceptors (Lipinski definition) is 3. The number of ether oxygens (including phenoxy) is 1. The van der Waals surface area contributed by atoms with Crippen LogP contribution in [0.5, 0.6) is 5.75 Å². The molecule has 1 aromatic rings. The molecule has 0 aliphatic carbocycles. The minimum absolute atomic E-state index is 0.0776. The molecule has 0 saturated heterocycles. The second-order valence-corrected chi connectivity index (χ2v) is 4.24. The fraction of sp³-hybridized carbons (Fsp3) is 0.286. The molecule has 0 aliphatic rings. The lowest BCUT2D eigenvalue weighted by molar-refractivity contribution is -0.132. The summed E-state index contributed by atoms with van der Waals surface area (Å²) in [5.74, 6) is -0.663. The molecule has 0 spiro atoms. The first kappa shape index (κ1) is 14.8. The molecule has 1 N–H and O–H groups in total. The van der Waals surface area contributed by atoms with Crippen molar-refractivity contribution in [3.8, 4) is 5.75 Å². The Kier molecular flexibility index (Phi) is 5.11. The van der Waals surface area contributed by atoms with E-state index < -0.39 is 5.97 Å². The topological polar surface area (TPSA) is 66.8 Å². The van der Waals surface area contributed by atoms with E-state index in [1.807, 2.05) is 13.0 Å². The second kappa shape index (κ2) is 6.58. The first-order valence-electron chi connectivity index (χ1n) is 5.75. The second-order valence-electron chi connectivity index (χ2n) is 4.24. The van der Waals surface area contributed by atoms with Crippen LogP contribution in [0.15, 0.2) is 24.3 Å². The summed E-state index contributed by atoms with van der Waals surface area (Å²) in [7, 11) is 3.30. The zero-order chi connectivity index (χ0) is 14.4. The van der Waals surface area contributed by atoms with Gasteiger partial charge in [-0.05, 0) is 18.6 Å².